The zero-order valence-corrected chi connectivity index (χ0v) is 12.3. The number of benzene rings is 1. The van der Waals surface area contributed by atoms with E-state index in [9.17, 15) is 9.90 Å². The lowest BCUT2D eigenvalue weighted by Crippen LogP contribution is -2.10. The van der Waals surface area contributed by atoms with Crippen LogP contribution >= 0.6 is 11.3 Å². The highest BCUT2D eigenvalue weighted by Crippen LogP contribution is 2.27. The Bertz CT molecular complexity index is 577. The van der Waals surface area contributed by atoms with E-state index in [1.54, 1.807) is 12.3 Å². The highest BCUT2D eigenvalue weighted by Gasteiger charge is 2.17. The van der Waals surface area contributed by atoms with E-state index in [4.69, 9.17) is 4.74 Å². The standard InChI is InChI=1S/C15H17NO3S/c1-3-19-14(18)8-13(17)12-9-20-15(16-12)11-6-4-10(2)5-7-11/h4-7,9,13,17H,3,8H2,1-2H3/t13-/m0/s1. The molecule has 2 aromatic rings. The zero-order chi connectivity index (χ0) is 14.5. The largest absolute Gasteiger partial charge is 0.466 e. The van der Waals surface area contributed by atoms with Crippen molar-refractivity contribution in [3.8, 4) is 10.6 Å². The summed E-state index contributed by atoms with van der Waals surface area (Å²) in [6.07, 6.45) is -0.977. The van der Waals surface area contributed by atoms with E-state index >= 15 is 0 Å². The third-order valence-corrected chi connectivity index (χ3v) is 3.74. The Hall–Kier alpha value is -1.72. The Kier molecular flexibility index (Phi) is 4.87. The molecule has 20 heavy (non-hydrogen) atoms. The van der Waals surface area contributed by atoms with Crippen molar-refractivity contribution in [1.29, 1.82) is 0 Å². The summed E-state index contributed by atoms with van der Waals surface area (Å²) >= 11 is 1.45. The summed E-state index contributed by atoms with van der Waals surface area (Å²) < 4.78 is 4.82. The van der Waals surface area contributed by atoms with Crippen LogP contribution in [-0.2, 0) is 9.53 Å². The maximum Gasteiger partial charge on any atom is 0.308 e. The van der Waals surface area contributed by atoms with Gasteiger partial charge in [-0.05, 0) is 13.8 Å². The number of aliphatic hydroxyl groups is 1. The van der Waals surface area contributed by atoms with Gasteiger partial charge < -0.3 is 9.84 Å². The highest BCUT2D eigenvalue weighted by molar-refractivity contribution is 7.13. The summed E-state index contributed by atoms with van der Waals surface area (Å²) in [5.41, 5.74) is 2.71. The lowest BCUT2D eigenvalue weighted by molar-refractivity contribution is -0.145. The summed E-state index contributed by atoms with van der Waals surface area (Å²) in [6, 6.07) is 8.03. The van der Waals surface area contributed by atoms with Gasteiger partial charge in [0.1, 0.15) is 11.1 Å². The van der Waals surface area contributed by atoms with Gasteiger partial charge in [-0.3, -0.25) is 4.79 Å². The Balaban J connectivity index is 2.08. The Labute approximate surface area is 122 Å². The van der Waals surface area contributed by atoms with Gasteiger partial charge in [0.15, 0.2) is 0 Å². The lowest BCUT2D eigenvalue weighted by Gasteiger charge is -2.06. The molecule has 4 nitrogen and oxygen atoms in total. The number of rotatable bonds is 5. The molecule has 0 bridgehead atoms. The van der Waals surface area contributed by atoms with Crippen molar-refractivity contribution in [2.75, 3.05) is 6.61 Å². The second-order valence-electron chi connectivity index (χ2n) is 4.47. The van der Waals surface area contributed by atoms with Crippen molar-refractivity contribution in [2.45, 2.75) is 26.4 Å². The molecule has 0 aliphatic carbocycles. The van der Waals surface area contributed by atoms with E-state index in [0.717, 1.165) is 10.6 Å². The number of nitrogens with zero attached hydrogens (tertiary/aromatic N) is 1. The van der Waals surface area contributed by atoms with Crippen LogP contribution in [0.1, 0.15) is 30.7 Å². The smallest absolute Gasteiger partial charge is 0.308 e. The highest BCUT2D eigenvalue weighted by atomic mass is 32.1. The zero-order valence-electron chi connectivity index (χ0n) is 11.5. The third-order valence-electron chi connectivity index (χ3n) is 2.83. The average Bonchev–Trinajstić information content (AvgIpc) is 2.89. The molecule has 0 spiro atoms. The SMILES string of the molecule is CCOC(=O)C[C@H](O)c1csc(-c2ccc(C)cc2)n1. The van der Waals surface area contributed by atoms with Crippen molar-refractivity contribution in [2.24, 2.45) is 0 Å². The number of aromatic nitrogens is 1. The molecular weight excluding hydrogens is 274 g/mol. The second-order valence-corrected chi connectivity index (χ2v) is 5.33. The average molecular weight is 291 g/mol. The van der Waals surface area contributed by atoms with E-state index in [1.165, 1.54) is 16.9 Å². The first-order chi connectivity index (χ1) is 9.60. The van der Waals surface area contributed by atoms with Crippen molar-refractivity contribution >= 4 is 17.3 Å². The van der Waals surface area contributed by atoms with Gasteiger partial charge in [-0.2, -0.15) is 0 Å². The van der Waals surface area contributed by atoms with Crippen LogP contribution in [0.2, 0.25) is 0 Å². The minimum absolute atomic E-state index is 0.0646. The molecule has 1 atom stereocenters. The predicted molar refractivity (Wildman–Crippen MR) is 78.5 cm³/mol. The number of thiazole rings is 1. The number of hydrogen-bond donors (Lipinski definition) is 1. The number of carbonyl (C=O) groups excluding carboxylic acids is 1. The first-order valence-electron chi connectivity index (χ1n) is 6.46. The molecular formula is C15H17NO3S. The van der Waals surface area contributed by atoms with Crippen LogP contribution in [-0.4, -0.2) is 22.7 Å². The number of esters is 1. The Morgan fingerprint density at radius 1 is 1.40 bits per heavy atom. The summed E-state index contributed by atoms with van der Waals surface area (Å²) in [7, 11) is 0. The van der Waals surface area contributed by atoms with Gasteiger partial charge in [0.25, 0.3) is 0 Å². The minimum atomic E-state index is -0.913. The molecule has 1 heterocycles. The van der Waals surface area contributed by atoms with Crippen molar-refractivity contribution in [1.82, 2.24) is 4.98 Å². The van der Waals surface area contributed by atoms with Gasteiger partial charge in [-0.15, -0.1) is 11.3 Å². The number of aliphatic hydroxyl groups excluding tert-OH is 1. The van der Waals surface area contributed by atoms with Gasteiger partial charge in [-0.1, -0.05) is 29.8 Å². The molecule has 0 aliphatic rings. The van der Waals surface area contributed by atoms with Crippen LogP contribution in [0, 0.1) is 6.92 Å². The molecule has 106 valence electrons. The molecule has 0 aliphatic heterocycles. The van der Waals surface area contributed by atoms with Crippen LogP contribution in [0.5, 0.6) is 0 Å². The number of carbonyl (C=O) groups is 1. The first kappa shape index (κ1) is 14.7. The molecule has 1 N–H and O–H groups in total. The van der Waals surface area contributed by atoms with E-state index < -0.39 is 12.1 Å². The van der Waals surface area contributed by atoms with E-state index in [-0.39, 0.29) is 6.42 Å². The topological polar surface area (TPSA) is 59.4 Å². The fourth-order valence-electron chi connectivity index (χ4n) is 1.75. The Morgan fingerprint density at radius 3 is 2.75 bits per heavy atom. The molecule has 1 aromatic carbocycles. The van der Waals surface area contributed by atoms with Crippen molar-refractivity contribution in [3.63, 3.8) is 0 Å². The fraction of sp³-hybridized carbons (Fsp3) is 0.333. The maximum atomic E-state index is 11.3. The number of aryl methyl sites for hydroxylation is 1. The van der Waals surface area contributed by atoms with Gasteiger partial charge in [0.05, 0.1) is 18.7 Å². The number of ether oxygens (including phenoxy) is 1. The minimum Gasteiger partial charge on any atom is -0.466 e. The molecule has 2 rings (SSSR count). The molecule has 0 fully saturated rings. The molecule has 0 radical (unpaired) electrons. The van der Waals surface area contributed by atoms with Gasteiger partial charge in [0, 0.05) is 10.9 Å². The molecule has 0 saturated heterocycles. The normalized spacial score (nSPS) is 12.2. The van der Waals surface area contributed by atoms with Gasteiger partial charge >= 0.3 is 5.97 Å². The number of hydrogen-bond acceptors (Lipinski definition) is 5. The van der Waals surface area contributed by atoms with E-state index in [2.05, 4.69) is 4.98 Å². The van der Waals surface area contributed by atoms with Crippen LogP contribution in [0.4, 0.5) is 0 Å². The maximum absolute atomic E-state index is 11.3. The summed E-state index contributed by atoms with van der Waals surface area (Å²) in [5, 5.41) is 12.6. The fourth-order valence-corrected chi connectivity index (χ4v) is 2.62. The summed E-state index contributed by atoms with van der Waals surface area (Å²) in [5.74, 6) is -0.412. The molecule has 0 saturated carbocycles. The lowest BCUT2D eigenvalue weighted by atomic mass is 10.1. The summed E-state index contributed by atoms with van der Waals surface area (Å²) in [6.45, 7) is 4.08. The summed E-state index contributed by atoms with van der Waals surface area (Å²) in [4.78, 5) is 15.7. The molecule has 0 unspecified atom stereocenters. The van der Waals surface area contributed by atoms with Gasteiger partial charge in [0.2, 0.25) is 0 Å². The van der Waals surface area contributed by atoms with Gasteiger partial charge in [-0.25, -0.2) is 4.98 Å². The Morgan fingerprint density at radius 2 is 2.10 bits per heavy atom. The van der Waals surface area contributed by atoms with Crippen LogP contribution in [0.3, 0.4) is 0 Å². The molecule has 5 heteroatoms. The van der Waals surface area contributed by atoms with E-state index in [0.29, 0.717) is 12.3 Å². The third kappa shape index (κ3) is 3.65. The first-order valence-corrected chi connectivity index (χ1v) is 7.34. The molecule has 1 aromatic heterocycles. The van der Waals surface area contributed by atoms with E-state index in [1.807, 2.05) is 31.2 Å². The molecule has 0 amide bonds. The van der Waals surface area contributed by atoms with Crippen LogP contribution < -0.4 is 0 Å². The van der Waals surface area contributed by atoms with Crippen LogP contribution in [0.25, 0.3) is 10.6 Å². The van der Waals surface area contributed by atoms with Crippen molar-refractivity contribution in [3.05, 3.63) is 40.9 Å². The predicted octanol–water partition coefficient (Wildman–Crippen LogP) is 3.11. The quantitative estimate of drug-likeness (QED) is 0.860. The monoisotopic (exact) mass is 291 g/mol. The second kappa shape index (κ2) is 6.63. The van der Waals surface area contributed by atoms with Crippen LogP contribution in [0.15, 0.2) is 29.6 Å². The van der Waals surface area contributed by atoms with Crippen molar-refractivity contribution < 1.29 is 14.6 Å².